The minimum Gasteiger partial charge on any atom is -0.378 e. The number of rotatable bonds is 4. The van der Waals surface area contributed by atoms with Gasteiger partial charge in [0.05, 0.1) is 19.3 Å². The molecule has 1 saturated heterocycles. The summed E-state index contributed by atoms with van der Waals surface area (Å²) in [4.78, 5) is 21.7. The van der Waals surface area contributed by atoms with Crippen molar-refractivity contribution in [2.24, 2.45) is 11.8 Å². The first kappa shape index (κ1) is 19.4. The topological polar surface area (TPSA) is 57.7 Å². The minimum absolute atomic E-state index is 0.108. The van der Waals surface area contributed by atoms with Crippen molar-refractivity contribution in [3.05, 3.63) is 48.2 Å². The van der Waals surface area contributed by atoms with Gasteiger partial charge in [0.2, 0.25) is 5.91 Å². The Bertz CT molecular complexity index is 909. The van der Waals surface area contributed by atoms with E-state index in [0.29, 0.717) is 5.92 Å². The van der Waals surface area contributed by atoms with Gasteiger partial charge in [-0.25, -0.2) is 4.98 Å². The van der Waals surface area contributed by atoms with Crippen LogP contribution in [0.4, 0.5) is 17.2 Å². The predicted octanol–water partition coefficient (Wildman–Crippen LogP) is 3.85. The molecule has 0 radical (unpaired) electrons. The van der Waals surface area contributed by atoms with Gasteiger partial charge in [-0.15, -0.1) is 0 Å². The Morgan fingerprint density at radius 3 is 2.63 bits per heavy atom. The number of amides is 1. The van der Waals surface area contributed by atoms with Crippen LogP contribution < -0.4 is 15.1 Å². The summed E-state index contributed by atoms with van der Waals surface area (Å²) >= 11 is 0. The fourth-order valence-electron chi connectivity index (χ4n) is 5.18. The molecule has 3 heterocycles. The molecule has 1 aromatic heterocycles. The molecule has 1 amide bonds. The maximum Gasteiger partial charge on any atom is 0.224 e. The molecular formula is C24H30N4O2. The highest BCUT2D eigenvalue weighted by atomic mass is 16.5. The molecule has 158 valence electrons. The molecule has 3 aliphatic rings. The zero-order valence-corrected chi connectivity index (χ0v) is 17.8. The molecule has 0 spiro atoms. The summed E-state index contributed by atoms with van der Waals surface area (Å²) in [7, 11) is 0. The summed E-state index contributed by atoms with van der Waals surface area (Å²) < 4.78 is 5.53. The second-order valence-corrected chi connectivity index (χ2v) is 8.76. The van der Waals surface area contributed by atoms with Gasteiger partial charge < -0.3 is 19.9 Å². The Morgan fingerprint density at radius 2 is 1.97 bits per heavy atom. The number of pyridine rings is 1. The molecule has 1 saturated carbocycles. The van der Waals surface area contributed by atoms with Crippen LogP contribution in [0.3, 0.4) is 0 Å². The van der Waals surface area contributed by atoms with Crippen LogP contribution in [0.25, 0.3) is 0 Å². The van der Waals surface area contributed by atoms with E-state index in [1.54, 1.807) is 6.92 Å². The molecule has 1 aliphatic carbocycles. The third-order valence-corrected chi connectivity index (χ3v) is 6.76. The van der Waals surface area contributed by atoms with E-state index in [0.717, 1.165) is 37.8 Å². The third-order valence-electron chi connectivity index (χ3n) is 6.76. The zero-order valence-electron chi connectivity index (χ0n) is 17.8. The maximum atomic E-state index is 12.8. The van der Waals surface area contributed by atoms with E-state index in [-0.39, 0.29) is 23.9 Å². The average Bonchev–Trinajstić information content (AvgIpc) is 3.61. The van der Waals surface area contributed by atoms with Crippen LogP contribution in [0.5, 0.6) is 0 Å². The second-order valence-electron chi connectivity index (χ2n) is 8.76. The molecule has 6 nitrogen and oxygen atoms in total. The zero-order chi connectivity index (χ0) is 20.7. The standard InChI is InChI=1S/C24H30N4O2/c1-16-23(26-22-5-3-4-10-25-22)20-15-19(27-11-13-30-14-12-27)8-9-21(20)28(17(2)29)24(16)18-6-7-18/h3-5,8-10,15-16,18,23-24H,6-7,11-14H2,1-2H3,(H,25,26)/t16-,23?,24?/m1/s1. The van der Waals surface area contributed by atoms with Gasteiger partial charge in [0.1, 0.15) is 5.82 Å². The van der Waals surface area contributed by atoms with Gasteiger partial charge in [0.25, 0.3) is 0 Å². The van der Waals surface area contributed by atoms with Crippen LogP contribution in [0.1, 0.15) is 38.3 Å². The van der Waals surface area contributed by atoms with Gasteiger partial charge >= 0.3 is 0 Å². The molecule has 5 rings (SSSR count). The third kappa shape index (κ3) is 3.54. The van der Waals surface area contributed by atoms with E-state index in [4.69, 9.17) is 4.74 Å². The molecule has 1 N–H and O–H groups in total. The normalized spacial score (nSPS) is 26.3. The van der Waals surface area contributed by atoms with Crippen LogP contribution in [0, 0.1) is 11.8 Å². The van der Waals surface area contributed by atoms with E-state index in [9.17, 15) is 4.79 Å². The van der Waals surface area contributed by atoms with Crippen molar-refractivity contribution in [3.8, 4) is 0 Å². The first-order valence-corrected chi connectivity index (χ1v) is 11.1. The Kier molecular flexibility index (Phi) is 5.11. The van der Waals surface area contributed by atoms with Gasteiger partial charge in [0, 0.05) is 55.1 Å². The number of anilines is 3. The number of nitrogens with zero attached hydrogens (tertiary/aromatic N) is 3. The second kappa shape index (κ2) is 7.91. The van der Waals surface area contributed by atoms with Crippen molar-refractivity contribution in [1.29, 1.82) is 0 Å². The van der Waals surface area contributed by atoms with Gasteiger partial charge in [-0.05, 0) is 49.1 Å². The largest absolute Gasteiger partial charge is 0.378 e. The molecule has 2 aliphatic heterocycles. The number of benzene rings is 1. The molecule has 0 bridgehead atoms. The first-order chi connectivity index (χ1) is 14.6. The SMILES string of the molecule is CC(=O)N1c2ccc(N3CCOCC3)cc2C(Nc2ccccn2)[C@@H](C)C1C1CC1. The molecule has 2 unspecified atom stereocenters. The van der Waals surface area contributed by atoms with Crippen LogP contribution in [-0.2, 0) is 9.53 Å². The Morgan fingerprint density at radius 1 is 1.17 bits per heavy atom. The van der Waals surface area contributed by atoms with Crippen LogP contribution in [0.15, 0.2) is 42.6 Å². The smallest absolute Gasteiger partial charge is 0.224 e. The maximum absolute atomic E-state index is 12.8. The number of carbonyl (C=O) groups excluding carboxylic acids is 1. The first-order valence-electron chi connectivity index (χ1n) is 11.1. The monoisotopic (exact) mass is 406 g/mol. The Labute approximate surface area is 178 Å². The Balaban J connectivity index is 1.58. The highest BCUT2D eigenvalue weighted by Gasteiger charge is 2.47. The lowest BCUT2D eigenvalue weighted by Gasteiger charge is -2.46. The summed E-state index contributed by atoms with van der Waals surface area (Å²) in [5.74, 6) is 1.89. The molecule has 6 heteroatoms. The lowest BCUT2D eigenvalue weighted by atomic mass is 9.79. The number of fused-ring (bicyclic) bond motifs is 1. The molecule has 2 aromatic rings. The fourth-order valence-corrected chi connectivity index (χ4v) is 5.18. The summed E-state index contributed by atoms with van der Waals surface area (Å²) in [6.07, 6.45) is 4.23. The van der Waals surface area contributed by atoms with Crippen molar-refractivity contribution in [2.75, 3.05) is 41.4 Å². The number of morpholine rings is 1. The van der Waals surface area contributed by atoms with Gasteiger partial charge in [-0.2, -0.15) is 0 Å². The van der Waals surface area contributed by atoms with E-state index in [1.165, 1.54) is 24.1 Å². The fraction of sp³-hybridized carbons (Fsp3) is 0.500. The van der Waals surface area contributed by atoms with Gasteiger partial charge in [-0.3, -0.25) is 4.79 Å². The molecular weight excluding hydrogens is 376 g/mol. The molecule has 30 heavy (non-hydrogen) atoms. The highest BCUT2D eigenvalue weighted by Crippen LogP contribution is 2.50. The number of hydrogen-bond acceptors (Lipinski definition) is 5. The lowest BCUT2D eigenvalue weighted by Crippen LogP contribution is -2.51. The number of aromatic nitrogens is 1. The van der Waals surface area contributed by atoms with Crippen LogP contribution >= 0.6 is 0 Å². The number of nitrogens with one attached hydrogen (secondary N) is 1. The number of ether oxygens (including phenoxy) is 1. The van der Waals surface area contributed by atoms with Gasteiger partial charge in [-0.1, -0.05) is 13.0 Å². The Hall–Kier alpha value is -2.60. The average molecular weight is 407 g/mol. The van der Waals surface area contributed by atoms with Crippen molar-refractivity contribution >= 4 is 23.1 Å². The number of carbonyl (C=O) groups is 1. The molecule has 2 fully saturated rings. The van der Waals surface area contributed by atoms with Crippen molar-refractivity contribution < 1.29 is 9.53 Å². The predicted molar refractivity (Wildman–Crippen MR) is 119 cm³/mol. The van der Waals surface area contributed by atoms with Crippen molar-refractivity contribution in [1.82, 2.24) is 4.98 Å². The summed E-state index contributed by atoms with van der Waals surface area (Å²) in [5.41, 5.74) is 3.43. The quantitative estimate of drug-likeness (QED) is 0.836. The van der Waals surface area contributed by atoms with E-state index in [1.807, 2.05) is 24.4 Å². The summed E-state index contributed by atoms with van der Waals surface area (Å²) in [6, 6.07) is 12.9. The molecule has 3 atom stereocenters. The van der Waals surface area contributed by atoms with E-state index < -0.39 is 0 Å². The lowest BCUT2D eigenvalue weighted by molar-refractivity contribution is -0.117. The summed E-state index contributed by atoms with van der Waals surface area (Å²) in [6.45, 7) is 7.29. The number of hydrogen-bond donors (Lipinski definition) is 1. The van der Waals surface area contributed by atoms with E-state index >= 15 is 0 Å². The molecule has 1 aromatic carbocycles. The van der Waals surface area contributed by atoms with Crippen LogP contribution in [0.2, 0.25) is 0 Å². The summed E-state index contributed by atoms with van der Waals surface area (Å²) in [5, 5.41) is 3.70. The highest BCUT2D eigenvalue weighted by molar-refractivity contribution is 5.94. The van der Waals surface area contributed by atoms with E-state index in [2.05, 4.69) is 45.2 Å². The van der Waals surface area contributed by atoms with Crippen molar-refractivity contribution in [2.45, 2.75) is 38.8 Å². The minimum atomic E-state index is 0.108. The van der Waals surface area contributed by atoms with Crippen molar-refractivity contribution in [3.63, 3.8) is 0 Å². The van der Waals surface area contributed by atoms with Crippen LogP contribution in [-0.4, -0.2) is 43.2 Å². The van der Waals surface area contributed by atoms with Gasteiger partial charge in [0.15, 0.2) is 0 Å².